The van der Waals surface area contributed by atoms with Gasteiger partial charge >= 0.3 is 0 Å². The molecule has 0 saturated carbocycles. The van der Waals surface area contributed by atoms with Gasteiger partial charge in [-0.15, -0.1) is 0 Å². The Morgan fingerprint density at radius 2 is 1.78 bits per heavy atom. The monoisotopic (exact) mass is 365 g/mol. The Labute approximate surface area is 158 Å². The van der Waals surface area contributed by atoms with Crippen LogP contribution in [-0.4, -0.2) is 29.9 Å². The fourth-order valence-electron chi connectivity index (χ4n) is 2.79. The molecule has 0 aliphatic heterocycles. The minimum atomic E-state index is -0.283. The van der Waals surface area contributed by atoms with Crippen LogP contribution in [0.25, 0.3) is 0 Å². The highest BCUT2D eigenvalue weighted by Crippen LogP contribution is 2.25. The van der Waals surface area contributed by atoms with Crippen LogP contribution in [0.5, 0.6) is 11.5 Å². The molecule has 0 saturated heterocycles. The van der Waals surface area contributed by atoms with Crippen molar-refractivity contribution in [3.8, 4) is 11.5 Å². The number of benzene rings is 2. The molecule has 2 aromatic carbocycles. The van der Waals surface area contributed by atoms with Gasteiger partial charge in [0.15, 0.2) is 0 Å². The molecule has 27 heavy (non-hydrogen) atoms. The van der Waals surface area contributed by atoms with Gasteiger partial charge in [0.25, 0.3) is 5.91 Å². The molecule has 0 aliphatic rings. The van der Waals surface area contributed by atoms with Crippen LogP contribution in [0.15, 0.2) is 54.7 Å². The summed E-state index contributed by atoms with van der Waals surface area (Å²) in [5, 5.41) is 7.22. The maximum Gasteiger partial charge on any atom is 0.260 e. The quantitative estimate of drug-likeness (QED) is 0.692. The summed E-state index contributed by atoms with van der Waals surface area (Å²) in [6.45, 7) is 2.70. The molecular formula is C21H23N3O3. The van der Waals surface area contributed by atoms with Gasteiger partial charge in [0.1, 0.15) is 17.3 Å². The number of hydrogen-bond acceptors (Lipinski definition) is 4. The van der Waals surface area contributed by atoms with Gasteiger partial charge in [-0.25, -0.2) is 4.68 Å². The second-order valence-corrected chi connectivity index (χ2v) is 6.06. The molecule has 3 rings (SSSR count). The average Bonchev–Trinajstić information content (AvgIpc) is 3.14. The topological polar surface area (TPSA) is 65.4 Å². The summed E-state index contributed by atoms with van der Waals surface area (Å²) in [6.07, 6.45) is 2.67. The SMILES string of the molecule is CCc1ccc(Cn2nccc2NC(=O)c2cc(OC)ccc2OC)cc1. The minimum Gasteiger partial charge on any atom is -0.497 e. The van der Waals surface area contributed by atoms with Crippen LogP contribution in [0, 0.1) is 0 Å². The van der Waals surface area contributed by atoms with E-state index in [1.54, 1.807) is 42.3 Å². The number of nitrogens with zero attached hydrogens (tertiary/aromatic N) is 2. The molecule has 0 radical (unpaired) electrons. The van der Waals surface area contributed by atoms with Crippen LogP contribution in [0.4, 0.5) is 5.82 Å². The highest BCUT2D eigenvalue weighted by Gasteiger charge is 2.16. The van der Waals surface area contributed by atoms with Gasteiger partial charge < -0.3 is 14.8 Å². The maximum absolute atomic E-state index is 12.8. The molecule has 0 spiro atoms. The zero-order valence-electron chi connectivity index (χ0n) is 15.7. The summed E-state index contributed by atoms with van der Waals surface area (Å²) in [5.74, 6) is 1.40. The van der Waals surface area contributed by atoms with Gasteiger partial charge in [-0.05, 0) is 35.7 Å². The number of ether oxygens (including phenoxy) is 2. The maximum atomic E-state index is 12.8. The zero-order chi connectivity index (χ0) is 19.2. The van der Waals surface area contributed by atoms with Crippen molar-refractivity contribution in [1.82, 2.24) is 9.78 Å². The lowest BCUT2D eigenvalue weighted by Gasteiger charge is -2.12. The smallest absolute Gasteiger partial charge is 0.260 e. The van der Waals surface area contributed by atoms with Crippen LogP contribution in [0.2, 0.25) is 0 Å². The fraction of sp³-hybridized carbons (Fsp3) is 0.238. The number of carbonyl (C=O) groups is 1. The number of methoxy groups -OCH3 is 2. The van der Waals surface area contributed by atoms with E-state index in [2.05, 4.69) is 41.6 Å². The van der Waals surface area contributed by atoms with Crippen LogP contribution >= 0.6 is 0 Å². The highest BCUT2D eigenvalue weighted by molar-refractivity contribution is 6.06. The van der Waals surface area contributed by atoms with Crippen molar-refractivity contribution in [3.63, 3.8) is 0 Å². The number of anilines is 1. The first-order valence-electron chi connectivity index (χ1n) is 8.77. The molecular weight excluding hydrogens is 342 g/mol. The summed E-state index contributed by atoms with van der Waals surface area (Å²) in [6, 6.07) is 15.3. The second-order valence-electron chi connectivity index (χ2n) is 6.06. The van der Waals surface area contributed by atoms with E-state index in [4.69, 9.17) is 9.47 Å². The van der Waals surface area contributed by atoms with Gasteiger partial charge in [0, 0.05) is 6.07 Å². The first-order chi connectivity index (χ1) is 13.1. The summed E-state index contributed by atoms with van der Waals surface area (Å²) in [4.78, 5) is 12.8. The molecule has 6 heteroatoms. The first-order valence-corrected chi connectivity index (χ1v) is 8.77. The Morgan fingerprint density at radius 3 is 2.44 bits per heavy atom. The molecule has 1 aromatic heterocycles. The van der Waals surface area contributed by atoms with Gasteiger partial charge in [-0.3, -0.25) is 4.79 Å². The number of amides is 1. The predicted octanol–water partition coefficient (Wildman–Crippen LogP) is 3.76. The highest BCUT2D eigenvalue weighted by atomic mass is 16.5. The van der Waals surface area contributed by atoms with Crippen LogP contribution in [0.1, 0.15) is 28.4 Å². The number of aryl methyl sites for hydroxylation is 1. The third-order valence-corrected chi connectivity index (χ3v) is 4.37. The molecule has 0 aliphatic carbocycles. The number of carbonyl (C=O) groups excluding carboxylic acids is 1. The van der Waals surface area contributed by atoms with E-state index in [-0.39, 0.29) is 5.91 Å². The molecule has 0 unspecified atom stereocenters. The van der Waals surface area contributed by atoms with Crippen molar-refractivity contribution in [2.45, 2.75) is 19.9 Å². The summed E-state index contributed by atoms with van der Waals surface area (Å²) >= 11 is 0. The Balaban J connectivity index is 1.79. The fourth-order valence-corrected chi connectivity index (χ4v) is 2.79. The molecule has 0 fully saturated rings. The van der Waals surface area contributed by atoms with E-state index in [9.17, 15) is 4.79 Å². The first kappa shape index (κ1) is 18.5. The second kappa shape index (κ2) is 8.40. The largest absolute Gasteiger partial charge is 0.497 e. The van der Waals surface area contributed by atoms with Crippen molar-refractivity contribution in [2.24, 2.45) is 0 Å². The van der Waals surface area contributed by atoms with Crippen LogP contribution < -0.4 is 14.8 Å². The van der Waals surface area contributed by atoms with Crippen molar-refractivity contribution in [3.05, 3.63) is 71.4 Å². The summed E-state index contributed by atoms with van der Waals surface area (Å²) < 4.78 is 12.3. The normalized spacial score (nSPS) is 10.5. The molecule has 1 heterocycles. The van der Waals surface area contributed by atoms with E-state index in [1.165, 1.54) is 12.7 Å². The lowest BCUT2D eigenvalue weighted by molar-refractivity contribution is 0.102. The standard InChI is InChI=1S/C21H23N3O3/c1-4-15-5-7-16(8-6-15)14-24-20(11-12-22-24)23-21(25)18-13-17(26-2)9-10-19(18)27-3/h5-13H,4,14H2,1-3H3,(H,23,25). The molecule has 6 nitrogen and oxygen atoms in total. The third-order valence-electron chi connectivity index (χ3n) is 4.37. The minimum absolute atomic E-state index is 0.283. The third kappa shape index (κ3) is 4.28. The van der Waals surface area contributed by atoms with Crippen LogP contribution in [-0.2, 0) is 13.0 Å². The molecule has 0 bridgehead atoms. The van der Waals surface area contributed by atoms with E-state index < -0.39 is 0 Å². The van der Waals surface area contributed by atoms with Crippen molar-refractivity contribution in [1.29, 1.82) is 0 Å². The number of nitrogens with one attached hydrogen (secondary N) is 1. The zero-order valence-corrected chi connectivity index (χ0v) is 15.7. The molecule has 1 amide bonds. The van der Waals surface area contributed by atoms with Gasteiger partial charge in [0.05, 0.1) is 32.5 Å². The number of aromatic nitrogens is 2. The number of rotatable bonds is 7. The predicted molar refractivity (Wildman–Crippen MR) is 105 cm³/mol. The molecule has 1 N–H and O–H groups in total. The number of hydrogen-bond donors (Lipinski definition) is 1. The summed E-state index contributed by atoms with van der Waals surface area (Å²) in [5.41, 5.74) is 2.81. The Bertz CT molecular complexity index is 917. The van der Waals surface area contributed by atoms with Gasteiger partial charge in [0.2, 0.25) is 0 Å². The van der Waals surface area contributed by atoms with E-state index in [0.717, 1.165) is 12.0 Å². The Hall–Kier alpha value is -3.28. The van der Waals surface area contributed by atoms with Crippen LogP contribution in [0.3, 0.4) is 0 Å². The lowest BCUT2D eigenvalue weighted by Crippen LogP contribution is -2.17. The van der Waals surface area contributed by atoms with Gasteiger partial charge in [-0.1, -0.05) is 31.2 Å². The summed E-state index contributed by atoms with van der Waals surface area (Å²) in [7, 11) is 3.09. The van der Waals surface area contributed by atoms with Gasteiger partial charge in [-0.2, -0.15) is 5.10 Å². The molecule has 3 aromatic rings. The lowest BCUT2D eigenvalue weighted by atomic mass is 10.1. The van der Waals surface area contributed by atoms with E-state index >= 15 is 0 Å². The molecule has 140 valence electrons. The Morgan fingerprint density at radius 1 is 1.04 bits per heavy atom. The van der Waals surface area contributed by atoms with Crippen molar-refractivity contribution in [2.75, 3.05) is 19.5 Å². The van der Waals surface area contributed by atoms with Crippen molar-refractivity contribution >= 4 is 11.7 Å². The van der Waals surface area contributed by atoms with E-state index in [1.807, 2.05) is 0 Å². The Kier molecular flexibility index (Phi) is 5.76. The van der Waals surface area contributed by atoms with Crippen molar-refractivity contribution < 1.29 is 14.3 Å². The average molecular weight is 365 g/mol. The molecule has 0 atom stereocenters. The van der Waals surface area contributed by atoms with E-state index in [0.29, 0.717) is 29.4 Å².